The summed E-state index contributed by atoms with van der Waals surface area (Å²) in [5.41, 5.74) is 10.5. The zero-order chi connectivity index (χ0) is 38.3. The molecule has 0 fully saturated rings. The van der Waals surface area contributed by atoms with Gasteiger partial charge in [0.2, 0.25) is 0 Å². The van der Waals surface area contributed by atoms with E-state index in [1.165, 1.54) is 124 Å². The molecule has 0 heterocycles. The first-order valence-corrected chi connectivity index (χ1v) is 21.5. The van der Waals surface area contributed by atoms with Crippen LogP contribution in [0, 0.1) is 17.8 Å². The Hall–Kier alpha value is -1.86. The second-order valence-corrected chi connectivity index (χ2v) is 17.1. The number of aliphatic hydroxyl groups is 1. The van der Waals surface area contributed by atoms with E-state index in [0.717, 1.165) is 56.3 Å². The van der Waals surface area contributed by atoms with Crippen LogP contribution in [-0.2, 0) is 0 Å². The molecule has 1 heteroatoms. The lowest BCUT2D eigenvalue weighted by Gasteiger charge is -2.15. The van der Waals surface area contributed by atoms with Crippen LogP contribution in [-0.4, -0.2) is 11.7 Å². The van der Waals surface area contributed by atoms with Gasteiger partial charge in [0, 0.05) is 0 Å². The first-order chi connectivity index (χ1) is 24.3. The number of rotatable bonds is 31. The molecule has 0 aliphatic rings. The molecular weight excluding hydrogens is 617 g/mol. The molecule has 0 aliphatic carbocycles. The molecule has 0 spiro atoms. The Morgan fingerprint density at radius 3 is 0.902 bits per heavy atom. The molecule has 1 nitrogen and oxygen atoms in total. The average Bonchev–Trinajstić information content (AvgIpc) is 3.04. The fourth-order valence-electron chi connectivity index (χ4n) is 6.86. The molecule has 0 amide bonds. The summed E-state index contributed by atoms with van der Waals surface area (Å²) in [5, 5.41) is 8.98. The van der Waals surface area contributed by atoms with Crippen molar-refractivity contribution < 1.29 is 5.11 Å². The summed E-state index contributed by atoms with van der Waals surface area (Å²) in [7, 11) is 0. The summed E-state index contributed by atoms with van der Waals surface area (Å²) in [4.78, 5) is 0. The van der Waals surface area contributed by atoms with Crippen LogP contribution in [0.2, 0.25) is 0 Å². The third-order valence-electron chi connectivity index (χ3n) is 10.8. The zero-order valence-electron chi connectivity index (χ0n) is 36.3. The van der Waals surface area contributed by atoms with E-state index in [0.29, 0.717) is 0 Å². The molecule has 0 bridgehead atoms. The van der Waals surface area contributed by atoms with Crippen LogP contribution in [0.1, 0.15) is 211 Å². The van der Waals surface area contributed by atoms with E-state index in [2.05, 4.69) is 113 Å². The zero-order valence-corrected chi connectivity index (χ0v) is 36.3. The van der Waals surface area contributed by atoms with E-state index < -0.39 is 0 Å². The van der Waals surface area contributed by atoms with Crippen molar-refractivity contribution in [1.29, 1.82) is 0 Å². The highest BCUT2D eigenvalue weighted by Gasteiger charge is 2.07. The Bertz CT molecular complexity index is 1080. The second kappa shape index (κ2) is 32.8. The van der Waals surface area contributed by atoms with Crippen molar-refractivity contribution in [3.63, 3.8) is 0 Å². The maximum Gasteiger partial charge on any atom is 0.0614 e. The quantitative estimate of drug-likeness (QED) is 0.0712. The SMILES string of the molecule is C/C(=C/CO)CC/C=C(\C)CC/C=C(\C)CC/C=C(\C)CC/C=C(\C)CC/C=C(/C)CC/C=C(\C)CCCC(C)CCCC(C)CCCC(C)C. The Labute approximate surface area is 321 Å². The standard InChI is InChI=1S/C50H88O/c1-41(2)21-12-22-42(3)23-13-24-43(4)25-14-26-44(5)27-15-28-45(6)29-16-30-46(7)31-17-32-47(8)33-18-34-48(9)35-19-36-49(10)37-20-38-50(11)39-40-51/h27,29,31,33,35,37,39,41-43,51H,12-26,28,30,32,34,36,38,40H2,1-11H3/b44-27+,45-29-,46-31+,47-33+,48-35+,49-37+,50-39-. The Morgan fingerprint density at radius 2 is 0.608 bits per heavy atom. The van der Waals surface area contributed by atoms with Gasteiger partial charge >= 0.3 is 0 Å². The van der Waals surface area contributed by atoms with Crippen molar-refractivity contribution in [3.05, 3.63) is 81.5 Å². The van der Waals surface area contributed by atoms with Crippen molar-refractivity contribution in [2.75, 3.05) is 6.61 Å². The molecule has 2 atom stereocenters. The van der Waals surface area contributed by atoms with Gasteiger partial charge in [-0.2, -0.15) is 0 Å². The first kappa shape index (κ1) is 49.1. The minimum absolute atomic E-state index is 0.152. The highest BCUT2D eigenvalue weighted by molar-refractivity contribution is 5.09. The predicted octanol–water partition coefficient (Wildman–Crippen LogP) is 16.7. The fraction of sp³-hybridized carbons (Fsp3) is 0.720. The summed E-state index contributed by atoms with van der Waals surface area (Å²) in [6.07, 6.45) is 42.9. The van der Waals surface area contributed by atoms with Gasteiger partial charge in [-0.25, -0.2) is 0 Å². The fourth-order valence-corrected chi connectivity index (χ4v) is 6.86. The molecule has 51 heavy (non-hydrogen) atoms. The lowest BCUT2D eigenvalue weighted by Crippen LogP contribution is -2.00. The summed E-state index contributed by atoms with van der Waals surface area (Å²) in [6.45, 7) is 25.7. The van der Waals surface area contributed by atoms with Crippen molar-refractivity contribution >= 4 is 0 Å². The minimum atomic E-state index is 0.152. The van der Waals surface area contributed by atoms with Gasteiger partial charge in [-0.05, 0) is 156 Å². The Kier molecular flexibility index (Phi) is 31.6. The Balaban J connectivity index is 4.12. The van der Waals surface area contributed by atoms with E-state index in [1.807, 2.05) is 6.08 Å². The topological polar surface area (TPSA) is 20.2 Å². The van der Waals surface area contributed by atoms with Crippen LogP contribution in [0.25, 0.3) is 0 Å². The maximum absolute atomic E-state index is 8.98. The highest BCUT2D eigenvalue weighted by Crippen LogP contribution is 2.23. The normalized spacial score (nSPS) is 15.7. The second-order valence-electron chi connectivity index (χ2n) is 17.1. The van der Waals surface area contributed by atoms with Crippen LogP contribution in [0.3, 0.4) is 0 Å². The van der Waals surface area contributed by atoms with Gasteiger partial charge in [0.05, 0.1) is 6.61 Å². The molecule has 0 rings (SSSR count). The largest absolute Gasteiger partial charge is 0.392 e. The maximum atomic E-state index is 8.98. The van der Waals surface area contributed by atoms with Crippen LogP contribution in [0.4, 0.5) is 0 Å². The Morgan fingerprint density at radius 1 is 0.353 bits per heavy atom. The summed E-state index contributed by atoms with van der Waals surface area (Å²) >= 11 is 0. The van der Waals surface area contributed by atoms with E-state index in [4.69, 9.17) is 5.11 Å². The van der Waals surface area contributed by atoms with Crippen LogP contribution in [0.5, 0.6) is 0 Å². The molecule has 0 radical (unpaired) electrons. The molecule has 0 aromatic rings. The molecule has 294 valence electrons. The van der Waals surface area contributed by atoms with Crippen molar-refractivity contribution in [2.24, 2.45) is 17.8 Å². The predicted molar refractivity (Wildman–Crippen MR) is 234 cm³/mol. The van der Waals surface area contributed by atoms with Crippen molar-refractivity contribution in [1.82, 2.24) is 0 Å². The summed E-state index contributed by atoms with van der Waals surface area (Å²) in [5.74, 6) is 2.64. The average molecular weight is 705 g/mol. The van der Waals surface area contributed by atoms with Crippen LogP contribution >= 0.6 is 0 Å². The van der Waals surface area contributed by atoms with E-state index in [-0.39, 0.29) is 6.61 Å². The van der Waals surface area contributed by atoms with Crippen LogP contribution < -0.4 is 0 Å². The molecular formula is C50H88O. The summed E-state index contributed by atoms with van der Waals surface area (Å²) < 4.78 is 0. The minimum Gasteiger partial charge on any atom is -0.392 e. The molecule has 0 aromatic heterocycles. The number of allylic oxidation sites excluding steroid dienone is 13. The van der Waals surface area contributed by atoms with E-state index >= 15 is 0 Å². The molecule has 0 saturated heterocycles. The molecule has 2 unspecified atom stereocenters. The smallest absolute Gasteiger partial charge is 0.0614 e. The number of aliphatic hydroxyl groups excluding tert-OH is 1. The lowest BCUT2D eigenvalue weighted by atomic mass is 9.91. The van der Waals surface area contributed by atoms with Crippen LogP contribution in [0.15, 0.2) is 81.5 Å². The monoisotopic (exact) mass is 705 g/mol. The number of hydrogen-bond donors (Lipinski definition) is 1. The third-order valence-corrected chi connectivity index (χ3v) is 10.8. The van der Waals surface area contributed by atoms with E-state index in [9.17, 15) is 0 Å². The molecule has 1 N–H and O–H groups in total. The van der Waals surface area contributed by atoms with Gasteiger partial charge < -0.3 is 5.11 Å². The first-order valence-electron chi connectivity index (χ1n) is 21.5. The molecule has 0 aromatic carbocycles. The third kappa shape index (κ3) is 33.7. The lowest BCUT2D eigenvalue weighted by molar-refractivity contribution is 0.341. The summed E-state index contributed by atoms with van der Waals surface area (Å²) in [6, 6.07) is 0. The van der Waals surface area contributed by atoms with Crippen molar-refractivity contribution in [2.45, 2.75) is 211 Å². The van der Waals surface area contributed by atoms with Gasteiger partial charge in [-0.3, -0.25) is 0 Å². The van der Waals surface area contributed by atoms with E-state index in [1.54, 1.807) is 11.1 Å². The molecule has 0 aliphatic heterocycles. The van der Waals surface area contributed by atoms with Gasteiger partial charge in [0.15, 0.2) is 0 Å². The van der Waals surface area contributed by atoms with Crippen molar-refractivity contribution in [3.8, 4) is 0 Å². The highest BCUT2D eigenvalue weighted by atomic mass is 16.2. The van der Waals surface area contributed by atoms with Gasteiger partial charge in [0.25, 0.3) is 0 Å². The molecule has 0 saturated carbocycles. The van der Waals surface area contributed by atoms with Gasteiger partial charge in [0.1, 0.15) is 0 Å². The number of hydrogen-bond acceptors (Lipinski definition) is 1. The van der Waals surface area contributed by atoms with Gasteiger partial charge in [-0.1, -0.05) is 154 Å². The van der Waals surface area contributed by atoms with Gasteiger partial charge in [-0.15, -0.1) is 0 Å².